The van der Waals surface area contributed by atoms with E-state index in [2.05, 4.69) is 10.3 Å². The largest absolute Gasteiger partial charge is 0.508 e. The van der Waals surface area contributed by atoms with Crippen LogP contribution in [0.15, 0.2) is 85.3 Å². The molecule has 8 heteroatoms. The Morgan fingerprint density at radius 1 is 1.11 bits per heavy atom. The number of benzene rings is 3. The quantitative estimate of drug-likeness (QED) is 0.383. The molecule has 0 aliphatic carbocycles. The van der Waals surface area contributed by atoms with Gasteiger partial charge in [0.25, 0.3) is 0 Å². The monoisotopic (exact) mass is 495 g/mol. The Hall–Kier alpha value is -4.48. The number of rotatable bonds is 8. The molecule has 0 spiro atoms. The van der Waals surface area contributed by atoms with Crippen molar-refractivity contribution in [3.8, 4) is 11.8 Å². The standard InChI is InChI=1S/C29H26FN5O2/c30-26-13-20(9-10-23(26)15-31)18-34-19-32-16-24(34)17-33-27-11-12-35(29(27)37)28(21-5-2-1-3-6-21)22-7-4-8-25(36)14-22/h1-10,13-14,16,19,27-28,33,36H,11-12,17-18H2/t27-,28?/m0/s1. The lowest BCUT2D eigenvalue weighted by atomic mass is 9.97. The Kier molecular flexibility index (Phi) is 6.97. The molecule has 1 saturated heterocycles. The lowest BCUT2D eigenvalue weighted by molar-refractivity contribution is -0.130. The third-order valence-corrected chi connectivity index (χ3v) is 6.69. The third-order valence-electron chi connectivity index (χ3n) is 6.69. The lowest BCUT2D eigenvalue weighted by Crippen LogP contribution is -2.40. The van der Waals surface area contributed by atoms with E-state index >= 15 is 0 Å². The van der Waals surface area contributed by atoms with Gasteiger partial charge in [0.05, 0.1) is 29.7 Å². The summed E-state index contributed by atoms with van der Waals surface area (Å²) >= 11 is 0. The number of nitriles is 1. The van der Waals surface area contributed by atoms with Crippen molar-refractivity contribution in [2.75, 3.05) is 6.54 Å². The minimum atomic E-state index is -0.545. The minimum absolute atomic E-state index is 0.00238. The highest BCUT2D eigenvalue weighted by molar-refractivity contribution is 5.85. The summed E-state index contributed by atoms with van der Waals surface area (Å²) in [7, 11) is 0. The number of aromatic nitrogens is 2. The summed E-state index contributed by atoms with van der Waals surface area (Å²) in [6.45, 7) is 1.40. The molecule has 1 fully saturated rings. The fraction of sp³-hybridized carbons (Fsp3) is 0.207. The lowest BCUT2D eigenvalue weighted by Gasteiger charge is -2.29. The van der Waals surface area contributed by atoms with E-state index in [1.54, 1.807) is 36.8 Å². The number of hydrogen-bond donors (Lipinski definition) is 2. The number of hydrogen-bond acceptors (Lipinski definition) is 5. The number of aromatic hydroxyl groups is 1. The van der Waals surface area contributed by atoms with Crippen molar-refractivity contribution in [2.24, 2.45) is 0 Å². The van der Waals surface area contributed by atoms with Crippen molar-refractivity contribution in [1.29, 1.82) is 5.26 Å². The van der Waals surface area contributed by atoms with Crippen LogP contribution in [0.2, 0.25) is 0 Å². The molecule has 7 nitrogen and oxygen atoms in total. The molecule has 3 aromatic carbocycles. The number of halogens is 1. The predicted octanol–water partition coefficient (Wildman–Crippen LogP) is 4.13. The van der Waals surface area contributed by atoms with Crippen LogP contribution < -0.4 is 5.32 Å². The molecule has 0 radical (unpaired) electrons. The molecule has 1 aliphatic heterocycles. The topological polar surface area (TPSA) is 94.2 Å². The first kappa shape index (κ1) is 24.2. The van der Waals surface area contributed by atoms with Gasteiger partial charge in [0, 0.05) is 25.8 Å². The van der Waals surface area contributed by atoms with Crippen LogP contribution in [-0.4, -0.2) is 38.1 Å². The summed E-state index contributed by atoms with van der Waals surface area (Å²) in [5.74, 6) is -0.385. The minimum Gasteiger partial charge on any atom is -0.508 e. The maximum Gasteiger partial charge on any atom is 0.240 e. The van der Waals surface area contributed by atoms with Gasteiger partial charge in [-0.1, -0.05) is 48.5 Å². The van der Waals surface area contributed by atoms with E-state index in [-0.39, 0.29) is 29.3 Å². The van der Waals surface area contributed by atoms with E-state index in [1.807, 2.05) is 51.9 Å². The van der Waals surface area contributed by atoms with Crippen molar-refractivity contribution in [1.82, 2.24) is 19.8 Å². The van der Waals surface area contributed by atoms with Crippen molar-refractivity contribution < 1.29 is 14.3 Å². The zero-order valence-corrected chi connectivity index (χ0v) is 20.1. The zero-order valence-electron chi connectivity index (χ0n) is 20.1. The Labute approximate surface area is 214 Å². The molecule has 2 atom stereocenters. The number of nitrogens with one attached hydrogen (secondary N) is 1. The number of imidazole rings is 1. The molecule has 2 heterocycles. The second-order valence-corrected chi connectivity index (χ2v) is 9.10. The summed E-state index contributed by atoms with van der Waals surface area (Å²) in [6.07, 6.45) is 4.04. The first-order chi connectivity index (χ1) is 18.0. The van der Waals surface area contributed by atoms with Crippen molar-refractivity contribution >= 4 is 5.91 Å². The van der Waals surface area contributed by atoms with Gasteiger partial charge >= 0.3 is 0 Å². The second kappa shape index (κ2) is 10.6. The Morgan fingerprint density at radius 3 is 2.68 bits per heavy atom. The van der Waals surface area contributed by atoms with Crippen LogP contribution in [0.4, 0.5) is 4.39 Å². The van der Waals surface area contributed by atoms with Gasteiger partial charge in [-0.05, 0) is 47.4 Å². The number of amides is 1. The average Bonchev–Trinajstić information content (AvgIpc) is 3.50. The van der Waals surface area contributed by atoms with Gasteiger partial charge in [-0.25, -0.2) is 9.37 Å². The van der Waals surface area contributed by atoms with Crippen LogP contribution in [0.25, 0.3) is 0 Å². The number of likely N-dealkylation sites (tertiary alicyclic amines) is 1. The van der Waals surface area contributed by atoms with E-state index in [0.29, 0.717) is 26.1 Å². The molecule has 2 N–H and O–H groups in total. The molecule has 1 amide bonds. The summed E-state index contributed by atoms with van der Waals surface area (Å²) in [5, 5.41) is 22.4. The van der Waals surface area contributed by atoms with E-state index in [4.69, 9.17) is 5.26 Å². The van der Waals surface area contributed by atoms with Crippen molar-refractivity contribution in [3.05, 3.63) is 119 Å². The highest BCUT2D eigenvalue weighted by Gasteiger charge is 2.37. The smallest absolute Gasteiger partial charge is 0.240 e. The fourth-order valence-corrected chi connectivity index (χ4v) is 4.84. The van der Waals surface area contributed by atoms with E-state index in [9.17, 15) is 14.3 Å². The zero-order chi connectivity index (χ0) is 25.8. The van der Waals surface area contributed by atoms with Crippen LogP contribution in [0.1, 0.15) is 40.4 Å². The molecule has 186 valence electrons. The van der Waals surface area contributed by atoms with E-state index in [1.165, 1.54) is 12.1 Å². The molecule has 0 bridgehead atoms. The highest BCUT2D eigenvalue weighted by Crippen LogP contribution is 2.33. The summed E-state index contributed by atoms with van der Waals surface area (Å²) in [4.78, 5) is 19.6. The van der Waals surface area contributed by atoms with Gasteiger partial charge in [-0.2, -0.15) is 5.26 Å². The average molecular weight is 496 g/mol. The molecule has 1 aliphatic rings. The normalized spacial score (nSPS) is 16.1. The molecule has 1 unspecified atom stereocenters. The molecular weight excluding hydrogens is 469 g/mol. The summed E-state index contributed by atoms with van der Waals surface area (Å²) in [5.41, 5.74) is 3.43. The van der Waals surface area contributed by atoms with Gasteiger partial charge in [0.1, 0.15) is 17.6 Å². The van der Waals surface area contributed by atoms with Crippen LogP contribution >= 0.6 is 0 Å². The second-order valence-electron chi connectivity index (χ2n) is 9.10. The van der Waals surface area contributed by atoms with Crippen molar-refractivity contribution in [2.45, 2.75) is 31.6 Å². The fourth-order valence-electron chi connectivity index (χ4n) is 4.84. The number of carbonyl (C=O) groups is 1. The van der Waals surface area contributed by atoms with Crippen LogP contribution in [0.5, 0.6) is 5.75 Å². The third kappa shape index (κ3) is 5.22. The van der Waals surface area contributed by atoms with E-state index in [0.717, 1.165) is 22.4 Å². The Balaban J connectivity index is 1.29. The SMILES string of the molecule is N#Cc1ccc(Cn2cncc2CN[C@H]2CCN(C(c3ccccc3)c3cccc(O)c3)C2=O)cc1F. The number of phenols is 1. The molecule has 1 aromatic heterocycles. The van der Waals surface area contributed by atoms with E-state index < -0.39 is 5.82 Å². The Bertz CT molecular complexity index is 1450. The first-order valence-electron chi connectivity index (χ1n) is 12.1. The van der Waals surface area contributed by atoms with Crippen LogP contribution in [-0.2, 0) is 17.9 Å². The number of nitrogens with zero attached hydrogens (tertiary/aromatic N) is 4. The van der Waals surface area contributed by atoms with Gasteiger partial charge in [0.2, 0.25) is 5.91 Å². The molecule has 5 rings (SSSR count). The molecular formula is C29H26FN5O2. The summed E-state index contributed by atoms with van der Waals surface area (Å²) in [6, 6.07) is 22.6. The highest BCUT2D eigenvalue weighted by atomic mass is 19.1. The number of phenolic OH excluding ortho intramolecular Hbond substituents is 1. The number of carbonyl (C=O) groups excluding carboxylic acids is 1. The molecule has 4 aromatic rings. The summed E-state index contributed by atoms with van der Waals surface area (Å²) < 4.78 is 15.9. The van der Waals surface area contributed by atoms with Gasteiger partial charge in [-0.15, -0.1) is 0 Å². The maximum absolute atomic E-state index is 14.0. The van der Waals surface area contributed by atoms with Gasteiger partial charge in [0.15, 0.2) is 0 Å². The maximum atomic E-state index is 14.0. The molecule has 0 saturated carbocycles. The Morgan fingerprint density at radius 2 is 1.92 bits per heavy atom. The van der Waals surface area contributed by atoms with Crippen LogP contribution in [0, 0.1) is 17.1 Å². The van der Waals surface area contributed by atoms with Gasteiger partial charge in [-0.3, -0.25) is 4.79 Å². The predicted molar refractivity (Wildman–Crippen MR) is 136 cm³/mol. The van der Waals surface area contributed by atoms with Crippen molar-refractivity contribution in [3.63, 3.8) is 0 Å². The first-order valence-corrected chi connectivity index (χ1v) is 12.1. The molecule has 37 heavy (non-hydrogen) atoms. The van der Waals surface area contributed by atoms with Gasteiger partial charge < -0.3 is 19.9 Å². The van der Waals surface area contributed by atoms with Crippen LogP contribution in [0.3, 0.4) is 0 Å².